The third-order valence-corrected chi connectivity index (χ3v) is 2.53. The Bertz CT molecular complexity index is 377. The molecule has 0 saturated heterocycles. The Morgan fingerprint density at radius 1 is 1.44 bits per heavy atom. The third-order valence-electron chi connectivity index (χ3n) is 2.13. The number of hydrogen-bond acceptors (Lipinski definition) is 2. The predicted molar refractivity (Wildman–Crippen MR) is 68.0 cm³/mol. The first-order valence-corrected chi connectivity index (χ1v) is 5.66. The number of hydrogen-bond donors (Lipinski definition) is 2. The van der Waals surface area contributed by atoms with Crippen molar-refractivity contribution in [1.29, 1.82) is 0 Å². The maximum atomic E-state index is 11.5. The van der Waals surface area contributed by atoms with E-state index in [2.05, 4.69) is 10.6 Å². The van der Waals surface area contributed by atoms with Gasteiger partial charge in [-0.15, -0.1) is 0 Å². The summed E-state index contributed by atoms with van der Waals surface area (Å²) in [7, 11) is 0. The number of nitrogens with one attached hydrogen (secondary N) is 2. The summed E-state index contributed by atoms with van der Waals surface area (Å²) in [5.74, 6) is -0.0615. The molecule has 1 rings (SSSR count). The Morgan fingerprint density at radius 3 is 2.69 bits per heavy atom. The van der Waals surface area contributed by atoms with Crippen LogP contribution in [0, 0.1) is 6.92 Å². The number of amides is 1. The van der Waals surface area contributed by atoms with Gasteiger partial charge in [-0.25, -0.2) is 0 Å². The summed E-state index contributed by atoms with van der Waals surface area (Å²) < 4.78 is 0. The van der Waals surface area contributed by atoms with Crippen LogP contribution in [0.1, 0.15) is 19.4 Å². The molecule has 16 heavy (non-hydrogen) atoms. The number of aryl methyl sites for hydroxylation is 1. The van der Waals surface area contributed by atoms with E-state index in [1.54, 1.807) is 6.07 Å². The van der Waals surface area contributed by atoms with Crippen molar-refractivity contribution in [2.24, 2.45) is 0 Å². The molecule has 0 atom stereocenters. The smallest absolute Gasteiger partial charge is 0.238 e. The van der Waals surface area contributed by atoms with Crippen LogP contribution in [0.4, 0.5) is 5.69 Å². The molecule has 0 aliphatic carbocycles. The van der Waals surface area contributed by atoms with Crippen molar-refractivity contribution >= 4 is 23.2 Å². The molecule has 0 aliphatic heterocycles. The van der Waals surface area contributed by atoms with Crippen molar-refractivity contribution in [2.75, 3.05) is 11.9 Å². The molecule has 0 saturated carbocycles. The summed E-state index contributed by atoms with van der Waals surface area (Å²) in [4.78, 5) is 11.5. The van der Waals surface area contributed by atoms with Crippen LogP contribution in [-0.4, -0.2) is 18.5 Å². The number of benzene rings is 1. The normalized spacial score (nSPS) is 10.6. The molecule has 1 aromatic rings. The largest absolute Gasteiger partial charge is 0.325 e. The maximum Gasteiger partial charge on any atom is 0.238 e. The summed E-state index contributed by atoms with van der Waals surface area (Å²) in [5.41, 5.74) is 1.73. The maximum absolute atomic E-state index is 11.5. The first kappa shape index (κ1) is 13.0. The van der Waals surface area contributed by atoms with Crippen molar-refractivity contribution < 1.29 is 4.79 Å². The fourth-order valence-corrected chi connectivity index (χ4v) is 1.35. The third kappa shape index (κ3) is 4.21. The van der Waals surface area contributed by atoms with Gasteiger partial charge in [-0.1, -0.05) is 31.5 Å². The summed E-state index contributed by atoms with van der Waals surface area (Å²) in [6.45, 7) is 6.23. The monoisotopic (exact) mass is 240 g/mol. The summed E-state index contributed by atoms with van der Waals surface area (Å²) in [6.07, 6.45) is 0. The Kier molecular flexibility index (Phi) is 4.77. The summed E-state index contributed by atoms with van der Waals surface area (Å²) >= 11 is 5.96. The van der Waals surface area contributed by atoms with E-state index in [0.29, 0.717) is 17.6 Å². The standard InChI is InChI=1S/C12H17ClN2O/c1-8(2)14-7-12(16)15-10-5-4-9(3)11(13)6-10/h4-6,8,14H,7H2,1-3H3,(H,15,16). The number of anilines is 1. The molecule has 88 valence electrons. The fourth-order valence-electron chi connectivity index (χ4n) is 1.17. The first-order valence-electron chi connectivity index (χ1n) is 5.28. The van der Waals surface area contributed by atoms with E-state index in [1.165, 1.54) is 0 Å². The van der Waals surface area contributed by atoms with Gasteiger partial charge in [-0.05, 0) is 24.6 Å². The molecule has 1 aromatic carbocycles. The van der Waals surface area contributed by atoms with Gasteiger partial charge in [0.05, 0.1) is 6.54 Å². The SMILES string of the molecule is Cc1ccc(NC(=O)CNC(C)C)cc1Cl. The van der Waals surface area contributed by atoms with Gasteiger partial charge in [0.15, 0.2) is 0 Å². The van der Waals surface area contributed by atoms with Crippen LogP contribution in [0.2, 0.25) is 5.02 Å². The van der Waals surface area contributed by atoms with Gasteiger partial charge < -0.3 is 10.6 Å². The van der Waals surface area contributed by atoms with Crippen molar-refractivity contribution in [3.63, 3.8) is 0 Å². The number of carbonyl (C=O) groups excluding carboxylic acids is 1. The van der Waals surface area contributed by atoms with Gasteiger partial charge in [0.2, 0.25) is 5.91 Å². The van der Waals surface area contributed by atoms with Crippen LogP contribution in [0.15, 0.2) is 18.2 Å². The molecular weight excluding hydrogens is 224 g/mol. The minimum atomic E-state index is -0.0615. The highest BCUT2D eigenvalue weighted by Gasteiger charge is 2.04. The molecule has 0 aromatic heterocycles. The Labute approximate surface area is 101 Å². The highest BCUT2D eigenvalue weighted by molar-refractivity contribution is 6.31. The molecular formula is C12H17ClN2O. The van der Waals surface area contributed by atoms with Crippen LogP contribution in [0.25, 0.3) is 0 Å². The molecule has 0 unspecified atom stereocenters. The zero-order chi connectivity index (χ0) is 12.1. The lowest BCUT2D eigenvalue weighted by atomic mass is 10.2. The lowest BCUT2D eigenvalue weighted by molar-refractivity contribution is -0.115. The topological polar surface area (TPSA) is 41.1 Å². The van der Waals surface area contributed by atoms with E-state index < -0.39 is 0 Å². The molecule has 0 spiro atoms. The van der Waals surface area contributed by atoms with Crippen LogP contribution in [0.3, 0.4) is 0 Å². The lowest BCUT2D eigenvalue weighted by Gasteiger charge is -2.09. The highest BCUT2D eigenvalue weighted by atomic mass is 35.5. The number of rotatable bonds is 4. The first-order chi connectivity index (χ1) is 7.49. The van der Waals surface area contributed by atoms with Crippen molar-refractivity contribution in [3.05, 3.63) is 28.8 Å². The summed E-state index contributed by atoms with van der Waals surface area (Å²) in [6, 6.07) is 5.78. The van der Waals surface area contributed by atoms with Gasteiger partial charge in [0.25, 0.3) is 0 Å². The van der Waals surface area contributed by atoms with E-state index in [9.17, 15) is 4.79 Å². The zero-order valence-electron chi connectivity index (χ0n) is 9.80. The van der Waals surface area contributed by atoms with Gasteiger partial charge >= 0.3 is 0 Å². The molecule has 4 heteroatoms. The van der Waals surface area contributed by atoms with E-state index in [4.69, 9.17) is 11.6 Å². The second kappa shape index (κ2) is 5.87. The molecule has 0 aliphatic rings. The van der Waals surface area contributed by atoms with E-state index >= 15 is 0 Å². The fraction of sp³-hybridized carbons (Fsp3) is 0.417. The van der Waals surface area contributed by atoms with E-state index in [-0.39, 0.29) is 5.91 Å². The van der Waals surface area contributed by atoms with E-state index in [1.807, 2.05) is 32.9 Å². The van der Waals surface area contributed by atoms with Gasteiger partial charge in [0.1, 0.15) is 0 Å². The summed E-state index contributed by atoms with van der Waals surface area (Å²) in [5, 5.41) is 6.49. The predicted octanol–water partition coefficient (Wildman–Crippen LogP) is 2.58. The second-order valence-corrected chi connectivity index (χ2v) is 4.45. The minimum Gasteiger partial charge on any atom is -0.325 e. The van der Waals surface area contributed by atoms with Crippen LogP contribution < -0.4 is 10.6 Å². The highest BCUT2D eigenvalue weighted by Crippen LogP contribution is 2.19. The molecule has 0 heterocycles. The van der Waals surface area contributed by atoms with Crippen molar-refractivity contribution in [3.8, 4) is 0 Å². The number of carbonyl (C=O) groups is 1. The minimum absolute atomic E-state index is 0.0615. The van der Waals surface area contributed by atoms with Crippen LogP contribution in [-0.2, 0) is 4.79 Å². The molecule has 3 nitrogen and oxygen atoms in total. The van der Waals surface area contributed by atoms with Crippen LogP contribution in [0.5, 0.6) is 0 Å². The van der Waals surface area contributed by atoms with Gasteiger partial charge in [0, 0.05) is 16.8 Å². The Balaban J connectivity index is 2.53. The zero-order valence-corrected chi connectivity index (χ0v) is 10.6. The molecule has 1 amide bonds. The average Bonchev–Trinajstić information content (AvgIpc) is 2.21. The van der Waals surface area contributed by atoms with Gasteiger partial charge in [-0.3, -0.25) is 4.79 Å². The Hall–Kier alpha value is -1.06. The van der Waals surface area contributed by atoms with Crippen molar-refractivity contribution in [1.82, 2.24) is 5.32 Å². The van der Waals surface area contributed by atoms with Crippen molar-refractivity contribution in [2.45, 2.75) is 26.8 Å². The average molecular weight is 241 g/mol. The number of halogens is 1. The quantitative estimate of drug-likeness (QED) is 0.850. The Morgan fingerprint density at radius 2 is 2.12 bits per heavy atom. The molecule has 0 radical (unpaired) electrons. The lowest BCUT2D eigenvalue weighted by Crippen LogP contribution is -2.32. The molecule has 2 N–H and O–H groups in total. The molecule has 0 bridgehead atoms. The van der Waals surface area contributed by atoms with Crippen LogP contribution >= 0.6 is 11.6 Å². The van der Waals surface area contributed by atoms with E-state index in [0.717, 1.165) is 11.3 Å². The molecule has 0 fully saturated rings. The van der Waals surface area contributed by atoms with Gasteiger partial charge in [-0.2, -0.15) is 0 Å². The second-order valence-electron chi connectivity index (χ2n) is 4.05.